The smallest absolute Gasteiger partial charge is 0.0455 e. The summed E-state index contributed by atoms with van der Waals surface area (Å²) in [6, 6.07) is 7.32. The Kier molecular flexibility index (Phi) is 4.30. The molecular formula is C14H21ClN2. The van der Waals surface area contributed by atoms with Crippen molar-refractivity contribution in [1.29, 1.82) is 0 Å². The lowest BCUT2D eigenvalue weighted by Crippen LogP contribution is -2.29. The summed E-state index contributed by atoms with van der Waals surface area (Å²) in [5.41, 5.74) is 2.24. The van der Waals surface area contributed by atoms with Gasteiger partial charge in [0.05, 0.1) is 0 Å². The maximum Gasteiger partial charge on any atom is 0.0455 e. The first kappa shape index (κ1) is 12.7. The molecule has 0 radical (unpaired) electrons. The van der Waals surface area contributed by atoms with Gasteiger partial charge in [-0.3, -0.25) is 0 Å². The molecule has 2 atom stereocenters. The summed E-state index contributed by atoms with van der Waals surface area (Å²) in [5.74, 6) is 0. The fourth-order valence-electron chi connectivity index (χ4n) is 2.41. The monoisotopic (exact) mass is 252 g/mol. The van der Waals surface area contributed by atoms with Crippen LogP contribution in [0.1, 0.15) is 31.7 Å². The maximum absolute atomic E-state index is 6.12. The quantitative estimate of drug-likeness (QED) is 0.856. The third kappa shape index (κ3) is 3.62. The van der Waals surface area contributed by atoms with Crippen LogP contribution in [0.5, 0.6) is 0 Å². The van der Waals surface area contributed by atoms with Gasteiger partial charge in [0.15, 0.2) is 0 Å². The molecule has 1 saturated heterocycles. The van der Waals surface area contributed by atoms with Crippen LogP contribution in [0.3, 0.4) is 0 Å². The van der Waals surface area contributed by atoms with Gasteiger partial charge in [-0.05, 0) is 57.4 Å². The van der Waals surface area contributed by atoms with E-state index in [1.165, 1.54) is 25.8 Å². The number of nitrogens with one attached hydrogen (secondary N) is 2. The van der Waals surface area contributed by atoms with Gasteiger partial charge in [-0.1, -0.05) is 17.7 Å². The molecule has 0 aliphatic carbocycles. The zero-order chi connectivity index (χ0) is 12.3. The molecule has 1 aromatic carbocycles. The van der Waals surface area contributed by atoms with Gasteiger partial charge in [-0.2, -0.15) is 0 Å². The van der Waals surface area contributed by atoms with Crippen molar-refractivity contribution in [2.24, 2.45) is 0 Å². The molecule has 1 aromatic rings. The summed E-state index contributed by atoms with van der Waals surface area (Å²) in [6.45, 7) is 5.43. The topological polar surface area (TPSA) is 24.1 Å². The fourth-order valence-corrected chi connectivity index (χ4v) is 2.59. The zero-order valence-corrected chi connectivity index (χ0v) is 11.3. The first-order valence-electron chi connectivity index (χ1n) is 6.41. The van der Waals surface area contributed by atoms with E-state index in [0.29, 0.717) is 12.1 Å². The molecule has 0 saturated carbocycles. The maximum atomic E-state index is 6.12. The Hall–Kier alpha value is -0.730. The molecule has 94 valence electrons. The minimum Gasteiger partial charge on any atom is -0.382 e. The van der Waals surface area contributed by atoms with Crippen LogP contribution in [-0.4, -0.2) is 18.6 Å². The molecule has 2 N–H and O–H groups in total. The third-order valence-corrected chi connectivity index (χ3v) is 3.79. The highest BCUT2D eigenvalue weighted by atomic mass is 35.5. The van der Waals surface area contributed by atoms with E-state index < -0.39 is 0 Å². The first-order valence-corrected chi connectivity index (χ1v) is 6.79. The molecule has 0 spiro atoms. The molecule has 17 heavy (non-hydrogen) atoms. The van der Waals surface area contributed by atoms with Crippen molar-refractivity contribution in [2.75, 3.05) is 11.9 Å². The van der Waals surface area contributed by atoms with E-state index in [2.05, 4.69) is 29.7 Å². The van der Waals surface area contributed by atoms with Crippen LogP contribution in [0, 0.1) is 6.92 Å². The number of benzene rings is 1. The normalized spacial score (nSPS) is 21.5. The van der Waals surface area contributed by atoms with E-state index in [-0.39, 0.29) is 0 Å². The standard InChI is InChI=1S/C14H21ClN2/c1-10-5-6-13(9-14(10)15)17-11(2)8-12-4-3-7-16-12/h5-6,9,11-12,16-17H,3-4,7-8H2,1-2H3. The fraction of sp³-hybridized carbons (Fsp3) is 0.571. The van der Waals surface area contributed by atoms with E-state index in [1.807, 2.05) is 13.0 Å². The van der Waals surface area contributed by atoms with Crippen LogP contribution in [-0.2, 0) is 0 Å². The summed E-state index contributed by atoms with van der Waals surface area (Å²) < 4.78 is 0. The van der Waals surface area contributed by atoms with Crippen LogP contribution in [0.25, 0.3) is 0 Å². The molecule has 0 bridgehead atoms. The van der Waals surface area contributed by atoms with Crippen molar-refractivity contribution in [3.8, 4) is 0 Å². The van der Waals surface area contributed by atoms with E-state index in [4.69, 9.17) is 11.6 Å². The number of hydrogen-bond donors (Lipinski definition) is 2. The number of halogens is 1. The van der Waals surface area contributed by atoms with Crippen LogP contribution in [0.15, 0.2) is 18.2 Å². The Morgan fingerprint density at radius 3 is 3.00 bits per heavy atom. The molecule has 2 rings (SSSR count). The first-order chi connectivity index (χ1) is 8.15. The molecule has 2 unspecified atom stereocenters. The SMILES string of the molecule is Cc1ccc(NC(C)CC2CCCN2)cc1Cl. The molecule has 2 nitrogen and oxygen atoms in total. The molecule has 3 heteroatoms. The summed E-state index contributed by atoms with van der Waals surface area (Å²) in [4.78, 5) is 0. The Bertz CT molecular complexity index is 372. The molecule has 1 aliphatic heterocycles. The minimum absolute atomic E-state index is 0.476. The Balaban J connectivity index is 1.88. The average molecular weight is 253 g/mol. The summed E-state index contributed by atoms with van der Waals surface area (Å²) >= 11 is 6.12. The van der Waals surface area contributed by atoms with Crippen LogP contribution in [0.2, 0.25) is 5.02 Å². The highest BCUT2D eigenvalue weighted by Crippen LogP contribution is 2.21. The Morgan fingerprint density at radius 2 is 2.35 bits per heavy atom. The van der Waals surface area contributed by atoms with Crippen molar-refractivity contribution in [3.05, 3.63) is 28.8 Å². The van der Waals surface area contributed by atoms with E-state index in [9.17, 15) is 0 Å². The molecule has 0 amide bonds. The number of aryl methyl sites for hydroxylation is 1. The van der Waals surface area contributed by atoms with Gasteiger partial charge >= 0.3 is 0 Å². The summed E-state index contributed by atoms with van der Waals surface area (Å²) in [7, 11) is 0. The van der Waals surface area contributed by atoms with Crippen molar-refractivity contribution in [2.45, 2.75) is 45.2 Å². The predicted molar refractivity (Wildman–Crippen MR) is 74.9 cm³/mol. The molecule has 1 fully saturated rings. The Labute approximate surface area is 109 Å². The average Bonchev–Trinajstić information content (AvgIpc) is 2.76. The predicted octanol–water partition coefficient (Wildman–Crippen LogP) is 3.59. The summed E-state index contributed by atoms with van der Waals surface area (Å²) in [6.07, 6.45) is 3.79. The van der Waals surface area contributed by atoms with E-state index >= 15 is 0 Å². The van der Waals surface area contributed by atoms with Crippen LogP contribution >= 0.6 is 11.6 Å². The second-order valence-electron chi connectivity index (χ2n) is 5.04. The van der Waals surface area contributed by atoms with Gasteiger partial charge in [0.1, 0.15) is 0 Å². The molecule has 1 heterocycles. The van der Waals surface area contributed by atoms with E-state index in [1.54, 1.807) is 0 Å². The second-order valence-corrected chi connectivity index (χ2v) is 5.45. The van der Waals surface area contributed by atoms with Crippen molar-refractivity contribution >= 4 is 17.3 Å². The molecular weight excluding hydrogens is 232 g/mol. The molecule has 1 aliphatic rings. The minimum atomic E-state index is 0.476. The summed E-state index contributed by atoms with van der Waals surface area (Å²) in [5, 5.41) is 7.87. The lowest BCUT2D eigenvalue weighted by Gasteiger charge is -2.19. The largest absolute Gasteiger partial charge is 0.382 e. The number of hydrogen-bond acceptors (Lipinski definition) is 2. The van der Waals surface area contributed by atoms with Crippen molar-refractivity contribution in [3.63, 3.8) is 0 Å². The van der Waals surface area contributed by atoms with Gasteiger partial charge in [-0.25, -0.2) is 0 Å². The Morgan fingerprint density at radius 1 is 1.53 bits per heavy atom. The lowest BCUT2D eigenvalue weighted by molar-refractivity contribution is 0.523. The van der Waals surface area contributed by atoms with Gasteiger partial charge in [0, 0.05) is 22.8 Å². The zero-order valence-electron chi connectivity index (χ0n) is 10.6. The van der Waals surface area contributed by atoms with Gasteiger partial charge in [0.25, 0.3) is 0 Å². The molecule has 0 aromatic heterocycles. The van der Waals surface area contributed by atoms with Gasteiger partial charge < -0.3 is 10.6 Å². The van der Waals surface area contributed by atoms with Gasteiger partial charge in [0.2, 0.25) is 0 Å². The van der Waals surface area contributed by atoms with Crippen LogP contribution in [0.4, 0.5) is 5.69 Å². The van der Waals surface area contributed by atoms with E-state index in [0.717, 1.165) is 16.3 Å². The number of anilines is 1. The highest BCUT2D eigenvalue weighted by Gasteiger charge is 2.16. The highest BCUT2D eigenvalue weighted by molar-refractivity contribution is 6.31. The number of rotatable bonds is 4. The van der Waals surface area contributed by atoms with Crippen LogP contribution < -0.4 is 10.6 Å². The second kappa shape index (κ2) is 5.74. The lowest BCUT2D eigenvalue weighted by atomic mass is 10.1. The third-order valence-electron chi connectivity index (χ3n) is 3.39. The van der Waals surface area contributed by atoms with Crippen molar-refractivity contribution < 1.29 is 0 Å². The van der Waals surface area contributed by atoms with Gasteiger partial charge in [-0.15, -0.1) is 0 Å². The van der Waals surface area contributed by atoms with Crippen molar-refractivity contribution in [1.82, 2.24) is 5.32 Å².